The first-order chi connectivity index (χ1) is 8.18. The predicted octanol–water partition coefficient (Wildman–Crippen LogP) is 1.06. The fourth-order valence-corrected chi connectivity index (χ4v) is 2.41. The van der Waals surface area contributed by atoms with Gasteiger partial charge >= 0.3 is 0 Å². The highest BCUT2D eigenvalue weighted by atomic mass is 16.2. The van der Waals surface area contributed by atoms with Gasteiger partial charge in [0.05, 0.1) is 6.20 Å². The van der Waals surface area contributed by atoms with E-state index < -0.39 is 0 Å². The number of likely N-dealkylation sites (N-methyl/N-ethyl adjacent to an activating group) is 2. The first kappa shape index (κ1) is 10.5. The van der Waals surface area contributed by atoms with E-state index in [1.807, 2.05) is 11.9 Å². The fraction of sp³-hybridized carbons (Fsp3) is 0.583. The quantitative estimate of drug-likeness (QED) is 0.765. The Labute approximate surface area is 100 Å². The van der Waals surface area contributed by atoms with Crippen LogP contribution < -0.4 is 9.80 Å². The van der Waals surface area contributed by atoms with Crippen LogP contribution in [0.1, 0.15) is 19.3 Å². The molecule has 1 saturated carbocycles. The summed E-state index contributed by atoms with van der Waals surface area (Å²) in [7, 11) is 3.75. The van der Waals surface area contributed by atoms with Crippen LogP contribution in [0.25, 0.3) is 0 Å². The number of aromatic nitrogens is 2. The van der Waals surface area contributed by atoms with E-state index in [4.69, 9.17) is 0 Å². The summed E-state index contributed by atoms with van der Waals surface area (Å²) in [6.45, 7) is 0. The van der Waals surface area contributed by atoms with Crippen LogP contribution in [-0.2, 0) is 4.79 Å². The highest BCUT2D eigenvalue weighted by Crippen LogP contribution is 2.39. The van der Waals surface area contributed by atoms with Crippen molar-refractivity contribution in [1.29, 1.82) is 0 Å². The molecule has 1 fully saturated rings. The molecule has 5 heteroatoms. The highest BCUT2D eigenvalue weighted by molar-refractivity contribution is 6.04. The molecule has 0 N–H and O–H groups in total. The summed E-state index contributed by atoms with van der Waals surface area (Å²) in [4.78, 5) is 24.2. The molecular weight excluding hydrogens is 216 g/mol. The maximum absolute atomic E-state index is 12.3. The van der Waals surface area contributed by atoms with E-state index in [-0.39, 0.29) is 11.9 Å². The second-order valence-corrected chi connectivity index (χ2v) is 4.93. The maximum atomic E-state index is 12.3. The number of nitrogens with zero attached hydrogens (tertiary/aromatic N) is 4. The smallest absolute Gasteiger partial charge is 0.249 e. The number of rotatable bonds is 2. The van der Waals surface area contributed by atoms with Crippen LogP contribution in [0.2, 0.25) is 0 Å². The lowest BCUT2D eigenvalue weighted by Gasteiger charge is -2.38. The summed E-state index contributed by atoms with van der Waals surface area (Å²) in [6, 6.07) is -0.0603. The molecule has 0 aromatic carbocycles. The van der Waals surface area contributed by atoms with Gasteiger partial charge in [0.25, 0.3) is 0 Å². The van der Waals surface area contributed by atoms with Crippen LogP contribution in [0.15, 0.2) is 12.5 Å². The number of carbonyl (C=O) groups is 1. The number of hydrogen-bond acceptors (Lipinski definition) is 4. The van der Waals surface area contributed by atoms with Crippen LogP contribution in [0.4, 0.5) is 11.5 Å². The molecule has 1 atom stereocenters. The largest absolute Gasteiger partial charge is 0.346 e. The molecular formula is C12H16N4O. The van der Waals surface area contributed by atoms with Gasteiger partial charge < -0.3 is 9.80 Å². The monoisotopic (exact) mass is 232 g/mol. The van der Waals surface area contributed by atoms with Gasteiger partial charge in [0.15, 0.2) is 5.82 Å². The zero-order valence-corrected chi connectivity index (χ0v) is 10.1. The Kier molecular flexibility index (Phi) is 2.28. The van der Waals surface area contributed by atoms with Gasteiger partial charge in [-0.3, -0.25) is 4.79 Å². The molecule has 0 radical (unpaired) electrons. The number of hydrogen-bond donors (Lipinski definition) is 0. The van der Waals surface area contributed by atoms with E-state index in [1.54, 1.807) is 18.1 Å². The van der Waals surface area contributed by atoms with Crippen molar-refractivity contribution < 1.29 is 4.79 Å². The zero-order valence-electron chi connectivity index (χ0n) is 10.1. The van der Waals surface area contributed by atoms with Gasteiger partial charge in [-0.1, -0.05) is 12.8 Å². The van der Waals surface area contributed by atoms with Crippen molar-refractivity contribution in [2.24, 2.45) is 5.92 Å². The number of anilines is 2. The molecule has 0 saturated heterocycles. The lowest BCUT2D eigenvalue weighted by molar-refractivity contribution is -0.120. The van der Waals surface area contributed by atoms with Crippen molar-refractivity contribution >= 4 is 17.4 Å². The van der Waals surface area contributed by atoms with E-state index >= 15 is 0 Å². The van der Waals surface area contributed by atoms with Crippen LogP contribution >= 0.6 is 0 Å². The third kappa shape index (κ3) is 1.66. The molecule has 1 aromatic rings. The van der Waals surface area contributed by atoms with Crippen molar-refractivity contribution in [2.45, 2.75) is 25.3 Å². The second kappa shape index (κ2) is 3.68. The third-order valence-electron chi connectivity index (χ3n) is 3.70. The Morgan fingerprint density at radius 3 is 2.88 bits per heavy atom. The highest BCUT2D eigenvalue weighted by Gasteiger charge is 2.38. The lowest BCUT2D eigenvalue weighted by atomic mass is 10.0. The van der Waals surface area contributed by atoms with E-state index in [9.17, 15) is 4.79 Å². The minimum absolute atomic E-state index is 0.0603. The van der Waals surface area contributed by atoms with Crippen molar-refractivity contribution in [3.63, 3.8) is 0 Å². The summed E-state index contributed by atoms with van der Waals surface area (Å²) in [5.41, 5.74) is 0.798. The molecule has 3 rings (SSSR count). The standard InChI is InChI=1S/C12H16N4O/c1-15-9(5-8-3-4-8)12(17)16(2)10-6-13-7-14-11(10)15/h6-9H,3-5H2,1-2H3. The number of fused-ring (bicyclic) bond motifs is 1. The Morgan fingerprint density at radius 1 is 1.41 bits per heavy atom. The van der Waals surface area contributed by atoms with Gasteiger partial charge in [-0.05, 0) is 12.3 Å². The first-order valence-electron chi connectivity index (χ1n) is 5.99. The third-order valence-corrected chi connectivity index (χ3v) is 3.70. The molecule has 2 heterocycles. The minimum Gasteiger partial charge on any atom is -0.346 e. The summed E-state index contributed by atoms with van der Waals surface area (Å²) < 4.78 is 0. The van der Waals surface area contributed by atoms with Gasteiger partial charge in [0, 0.05) is 14.1 Å². The first-order valence-corrected chi connectivity index (χ1v) is 5.99. The Hall–Kier alpha value is -1.65. The molecule has 0 bridgehead atoms. The molecule has 5 nitrogen and oxygen atoms in total. The van der Waals surface area contributed by atoms with Crippen molar-refractivity contribution in [2.75, 3.05) is 23.9 Å². The molecule has 17 heavy (non-hydrogen) atoms. The van der Waals surface area contributed by atoms with Gasteiger partial charge in [0.2, 0.25) is 5.91 Å². The summed E-state index contributed by atoms with van der Waals surface area (Å²) >= 11 is 0. The van der Waals surface area contributed by atoms with E-state index in [0.717, 1.165) is 23.8 Å². The van der Waals surface area contributed by atoms with E-state index in [0.29, 0.717) is 0 Å². The average molecular weight is 232 g/mol. The number of carbonyl (C=O) groups excluding carboxylic acids is 1. The zero-order chi connectivity index (χ0) is 12.0. The van der Waals surface area contributed by atoms with E-state index in [2.05, 4.69) is 9.97 Å². The molecule has 1 aliphatic carbocycles. The Balaban J connectivity index is 1.96. The van der Waals surface area contributed by atoms with Crippen LogP contribution in [0.5, 0.6) is 0 Å². The topological polar surface area (TPSA) is 49.3 Å². The average Bonchev–Trinajstić information content (AvgIpc) is 3.16. The maximum Gasteiger partial charge on any atom is 0.249 e. The predicted molar refractivity (Wildman–Crippen MR) is 65.0 cm³/mol. The molecule has 90 valence electrons. The van der Waals surface area contributed by atoms with Crippen molar-refractivity contribution in [1.82, 2.24) is 9.97 Å². The summed E-state index contributed by atoms with van der Waals surface area (Å²) in [5, 5.41) is 0. The molecule has 1 unspecified atom stereocenters. The van der Waals surface area contributed by atoms with Gasteiger partial charge in [-0.2, -0.15) is 0 Å². The van der Waals surface area contributed by atoms with Crippen molar-refractivity contribution in [3.05, 3.63) is 12.5 Å². The summed E-state index contributed by atoms with van der Waals surface area (Å²) in [5.74, 6) is 1.73. The van der Waals surface area contributed by atoms with E-state index in [1.165, 1.54) is 19.2 Å². The SMILES string of the molecule is CN1C(=O)C(CC2CC2)N(C)c2ncncc21. The Bertz CT molecular complexity index is 458. The van der Waals surface area contributed by atoms with Gasteiger partial charge in [0.1, 0.15) is 18.1 Å². The van der Waals surface area contributed by atoms with Crippen LogP contribution in [-0.4, -0.2) is 36.0 Å². The minimum atomic E-state index is -0.0603. The van der Waals surface area contributed by atoms with Crippen molar-refractivity contribution in [3.8, 4) is 0 Å². The number of amides is 1. The van der Waals surface area contributed by atoms with Crippen LogP contribution in [0.3, 0.4) is 0 Å². The normalized spacial score (nSPS) is 23.9. The van der Waals surface area contributed by atoms with Crippen LogP contribution in [0, 0.1) is 5.92 Å². The molecule has 1 aliphatic heterocycles. The fourth-order valence-electron chi connectivity index (χ4n) is 2.41. The van der Waals surface area contributed by atoms with Gasteiger partial charge in [-0.15, -0.1) is 0 Å². The second-order valence-electron chi connectivity index (χ2n) is 4.93. The Morgan fingerprint density at radius 2 is 2.18 bits per heavy atom. The lowest BCUT2D eigenvalue weighted by Crippen LogP contribution is -2.51. The summed E-state index contributed by atoms with van der Waals surface area (Å²) in [6.07, 6.45) is 6.70. The molecule has 1 amide bonds. The molecule has 2 aliphatic rings. The molecule has 1 aromatic heterocycles. The van der Waals surface area contributed by atoms with Gasteiger partial charge in [-0.25, -0.2) is 9.97 Å². The molecule has 0 spiro atoms.